The molecule has 2 aromatic carbocycles. The number of nitrogens with zero attached hydrogens (tertiary/aromatic N) is 3. The molecular formula is C17H15N3O4Se. The molecule has 0 amide bonds. The van der Waals surface area contributed by atoms with E-state index in [0.29, 0.717) is 20.9 Å². The third kappa shape index (κ3) is 3.26. The molecule has 0 aliphatic rings. The van der Waals surface area contributed by atoms with Gasteiger partial charge in [0.25, 0.3) is 0 Å². The summed E-state index contributed by atoms with van der Waals surface area (Å²) in [6, 6.07) is 11.4. The van der Waals surface area contributed by atoms with Gasteiger partial charge in [-0.2, -0.15) is 0 Å². The number of nitro groups is 1. The maximum absolute atomic E-state index is 12.7. The maximum atomic E-state index is 12.7. The summed E-state index contributed by atoms with van der Waals surface area (Å²) in [7, 11) is 0. The Hall–Kier alpha value is -2.70. The van der Waals surface area contributed by atoms with E-state index in [0.717, 1.165) is 4.74 Å². The summed E-state index contributed by atoms with van der Waals surface area (Å²) >= 11 is -0.524. The van der Waals surface area contributed by atoms with Crippen LogP contribution >= 0.6 is 0 Å². The van der Waals surface area contributed by atoms with Crippen molar-refractivity contribution in [3.8, 4) is 5.69 Å². The third-order valence-corrected chi connectivity index (χ3v) is 6.13. The normalized spacial score (nSPS) is 12.0. The summed E-state index contributed by atoms with van der Waals surface area (Å²) in [6.07, 6.45) is 1.47. The molecule has 3 rings (SSSR count). The second kappa shape index (κ2) is 6.66. The summed E-state index contributed by atoms with van der Waals surface area (Å²) in [5, 5.41) is 23.4. The van der Waals surface area contributed by atoms with Crippen LogP contribution in [-0.4, -0.2) is 40.2 Å². The Morgan fingerprint density at radius 2 is 1.88 bits per heavy atom. The number of nitro benzene ring substituents is 1. The fraction of sp³-hybridized carbons (Fsp3) is 0.176. The molecule has 7 nitrogen and oxygen atoms in total. The van der Waals surface area contributed by atoms with Crippen LogP contribution in [0.1, 0.15) is 19.4 Å². The fourth-order valence-corrected chi connectivity index (χ4v) is 4.62. The molecule has 8 heteroatoms. The number of rotatable bonds is 4. The van der Waals surface area contributed by atoms with Crippen molar-refractivity contribution in [1.82, 2.24) is 3.56 Å². The standard InChI is InChI=1S/C17H15N3O4Se/c1-11(2)18(22)10-12-5-3-6-13(9-12)19-17(21)14-7-4-8-15(20(23)24)16(14)25-19/h3-11H,1-2H3/b18-10+. The van der Waals surface area contributed by atoms with Gasteiger partial charge >= 0.3 is 149 Å². The second-order valence-corrected chi connectivity index (χ2v) is 7.79. The van der Waals surface area contributed by atoms with E-state index in [1.54, 1.807) is 47.7 Å². The van der Waals surface area contributed by atoms with Crippen molar-refractivity contribution < 1.29 is 9.66 Å². The molecule has 0 saturated heterocycles. The van der Waals surface area contributed by atoms with E-state index >= 15 is 0 Å². The van der Waals surface area contributed by atoms with E-state index in [9.17, 15) is 20.1 Å². The number of non-ortho nitro benzene ring substituents is 1. The van der Waals surface area contributed by atoms with Crippen LogP contribution in [0.3, 0.4) is 0 Å². The van der Waals surface area contributed by atoms with E-state index < -0.39 is 19.7 Å². The van der Waals surface area contributed by atoms with Crippen molar-refractivity contribution in [2.24, 2.45) is 0 Å². The molecule has 0 N–H and O–H groups in total. The zero-order valence-electron chi connectivity index (χ0n) is 13.6. The Balaban J connectivity index is 2.16. The first-order valence-corrected chi connectivity index (χ1v) is 9.21. The van der Waals surface area contributed by atoms with Gasteiger partial charge in [-0.15, -0.1) is 0 Å². The van der Waals surface area contributed by atoms with E-state index in [2.05, 4.69) is 0 Å². The zero-order valence-corrected chi connectivity index (χ0v) is 15.3. The third-order valence-electron chi connectivity index (χ3n) is 3.68. The molecule has 0 bridgehead atoms. The van der Waals surface area contributed by atoms with Gasteiger partial charge in [0.15, 0.2) is 0 Å². The molecule has 3 aromatic rings. The topological polar surface area (TPSA) is 91.2 Å². The Morgan fingerprint density at radius 3 is 2.56 bits per heavy atom. The van der Waals surface area contributed by atoms with E-state index in [4.69, 9.17) is 0 Å². The van der Waals surface area contributed by atoms with E-state index in [-0.39, 0.29) is 17.3 Å². The molecule has 128 valence electrons. The zero-order chi connectivity index (χ0) is 18.1. The van der Waals surface area contributed by atoms with Gasteiger partial charge < -0.3 is 0 Å². The molecule has 0 aliphatic heterocycles. The van der Waals surface area contributed by atoms with Crippen LogP contribution in [0.15, 0.2) is 47.3 Å². The van der Waals surface area contributed by atoms with Gasteiger partial charge in [-0.3, -0.25) is 0 Å². The number of hydrogen-bond acceptors (Lipinski definition) is 4. The first-order valence-electron chi connectivity index (χ1n) is 7.58. The summed E-state index contributed by atoms with van der Waals surface area (Å²) in [5.41, 5.74) is 1.02. The SMILES string of the molecule is CC(C)/[N+]([O-])=C\c1cccc(-n2[se]c3c([N+](=O)[O-])cccc3c2=O)c1. The van der Waals surface area contributed by atoms with E-state index in [1.807, 2.05) is 0 Å². The molecule has 0 unspecified atom stereocenters. The van der Waals surface area contributed by atoms with Crippen LogP contribution in [-0.2, 0) is 0 Å². The number of aromatic nitrogens is 1. The van der Waals surface area contributed by atoms with Crippen LogP contribution in [0, 0.1) is 15.3 Å². The molecule has 0 atom stereocenters. The number of benzene rings is 2. The van der Waals surface area contributed by atoms with Gasteiger partial charge in [-0.25, -0.2) is 0 Å². The summed E-state index contributed by atoms with van der Waals surface area (Å²) in [6.45, 7) is 3.58. The summed E-state index contributed by atoms with van der Waals surface area (Å²) in [4.78, 5) is 23.4. The van der Waals surface area contributed by atoms with Crippen molar-refractivity contribution in [2.45, 2.75) is 19.9 Å². The van der Waals surface area contributed by atoms with Crippen molar-refractivity contribution in [1.29, 1.82) is 0 Å². The minimum atomic E-state index is -0.524. The molecule has 0 aliphatic carbocycles. The van der Waals surface area contributed by atoms with Crippen LogP contribution in [0.2, 0.25) is 0 Å². The Morgan fingerprint density at radius 1 is 1.16 bits per heavy atom. The number of hydroxylamine groups is 1. The average Bonchev–Trinajstić information content (AvgIpc) is 2.92. The van der Waals surface area contributed by atoms with Crippen LogP contribution in [0.25, 0.3) is 15.3 Å². The van der Waals surface area contributed by atoms with Crippen LogP contribution in [0.4, 0.5) is 5.69 Å². The second-order valence-electron chi connectivity index (χ2n) is 5.78. The summed E-state index contributed by atoms with van der Waals surface area (Å²) in [5.74, 6) is 0. The molecule has 1 aromatic heterocycles. The van der Waals surface area contributed by atoms with E-state index in [1.165, 1.54) is 18.3 Å². The monoisotopic (exact) mass is 405 g/mol. The minimum absolute atomic E-state index is 0.0263. The quantitative estimate of drug-likeness (QED) is 0.167. The van der Waals surface area contributed by atoms with Gasteiger partial charge in [-0.1, -0.05) is 0 Å². The van der Waals surface area contributed by atoms with Crippen molar-refractivity contribution in [2.75, 3.05) is 0 Å². The fourth-order valence-electron chi connectivity index (χ4n) is 2.37. The van der Waals surface area contributed by atoms with Crippen molar-refractivity contribution in [3.63, 3.8) is 0 Å². The summed E-state index contributed by atoms with van der Waals surface area (Å²) < 4.78 is 2.87. The molecule has 0 spiro atoms. The molecule has 1 heterocycles. The predicted octanol–water partition coefficient (Wildman–Crippen LogP) is 2.29. The van der Waals surface area contributed by atoms with Crippen molar-refractivity contribution in [3.05, 3.63) is 73.7 Å². The molecule has 25 heavy (non-hydrogen) atoms. The molecule has 0 fully saturated rings. The Bertz CT molecular complexity index is 1050. The Kier molecular flexibility index (Phi) is 4.56. The first kappa shape index (κ1) is 17.1. The molecular weight excluding hydrogens is 389 g/mol. The average molecular weight is 404 g/mol. The number of hydrogen-bond donors (Lipinski definition) is 0. The van der Waals surface area contributed by atoms with Crippen LogP contribution < -0.4 is 5.56 Å². The van der Waals surface area contributed by atoms with Gasteiger partial charge in [0, 0.05) is 0 Å². The van der Waals surface area contributed by atoms with Crippen LogP contribution in [0.5, 0.6) is 0 Å². The van der Waals surface area contributed by atoms with Gasteiger partial charge in [0.1, 0.15) is 0 Å². The molecule has 0 saturated carbocycles. The van der Waals surface area contributed by atoms with Gasteiger partial charge in [-0.05, 0) is 0 Å². The number of fused-ring (bicyclic) bond motifs is 1. The Labute approximate surface area is 149 Å². The first-order chi connectivity index (χ1) is 11.9. The predicted molar refractivity (Wildman–Crippen MR) is 97.1 cm³/mol. The van der Waals surface area contributed by atoms with Gasteiger partial charge in [0.05, 0.1) is 0 Å². The van der Waals surface area contributed by atoms with Gasteiger partial charge in [0.2, 0.25) is 0 Å². The molecule has 0 radical (unpaired) electrons. The van der Waals surface area contributed by atoms with Crippen molar-refractivity contribution >= 4 is 36.3 Å².